The molecule has 0 radical (unpaired) electrons. The highest BCUT2D eigenvalue weighted by Crippen LogP contribution is 2.38. The maximum atomic E-state index is 12.8. The van der Waals surface area contributed by atoms with Crippen LogP contribution in [0.5, 0.6) is 0 Å². The van der Waals surface area contributed by atoms with E-state index in [0.717, 1.165) is 23.3 Å². The van der Waals surface area contributed by atoms with Gasteiger partial charge in [0.2, 0.25) is 0 Å². The number of hydrogen-bond acceptors (Lipinski definition) is 3. The molecule has 1 heterocycles. The third-order valence-electron chi connectivity index (χ3n) is 4.54. The molecule has 2 aromatic carbocycles. The summed E-state index contributed by atoms with van der Waals surface area (Å²) in [5.41, 5.74) is 6.84. The summed E-state index contributed by atoms with van der Waals surface area (Å²) in [5, 5.41) is 17.7. The number of aromatic nitrogens is 2. The van der Waals surface area contributed by atoms with Gasteiger partial charge in [0.05, 0.1) is 11.8 Å². The molecule has 7 heteroatoms. The summed E-state index contributed by atoms with van der Waals surface area (Å²) in [4.78, 5) is 0. The van der Waals surface area contributed by atoms with Gasteiger partial charge in [-0.2, -0.15) is 18.3 Å². The van der Waals surface area contributed by atoms with Gasteiger partial charge in [-0.1, -0.05) is 31.2 Å². The Labute approximate surface area is 148 Å². The Morgan fingerprint density at radius 3 is 2.15 bits per heavy atom. The lowest BCUT2D eigenvalue weighted by Crippen LogP contribution is -2.26. The average Bonchev–Trinajstić information content (AvgIpc) is 3.14. The Bertz CT molecular complexity index is 889. The van der Waals surface area contributed by atoms with Gasteiger partial charge in [0.1, 0.15) is 5.60 Å². The van der Waals surface area contributed by atoms with Crippen LogP contribution in [0.15, 0.2) is 54.9 Å². The molecule has 4 N–H and O–H groups in total. The van der Waals surface area contributed by atoms with Gasteiger partial charge in [-0.25, -0.2) is 0 Å². The van der Waals surface area contributed by atoms with Gasteiger partial charge in [-0.05, 0) is 35.7 Å². The summed E-state index contributed by atoms with van der Waals surface area (Å²) in [5.74, 6) is 0. The zero-order valence-electron chi connectivity index (χ0n) is 14.0. The number of nitrogen functional groups attached to an aromatic ring is 1. The first-order chi connectivity index (χ1) is 12.3. The smallest absolute Gasteiger partial charge is 0.398 e. The molecule has 0 fully saturated rings. The molecule has 1 atom stereocenters. The number of nitrogens with two attached hydrogens (primary N) is 1. The molecule has 136 valence electrons. The molecular weight excluding hydrogens is 343 g/mol. The van der Waals surface area contributed by atoms with E-state index in [1.165, 1.54) is 12.1 Å². The van der Waals surface area contributed by atoms with Crippen LogP contribution in [0.3, 0.4) is 0 Å². The van der Waals surface area contributed by atoms with Crippen LogP contribution in [0.2, 0.25) is 0 Å². The van der Waals surface area contributed by atoms with Gasteiger partial charge in [-0.15, -0.1) is 0 Å². The highest BCUT2D eigenvalue weighted by Gasteiger charge is 2.33. The zero-order chi connectivity index (χ0) is 18.9. The Hall–Kier alpha value is -2.80. The number of aromatic amines is 1. The predicted molar refractivity (Wildman–Crippen MR) is 93.2 cm³/mol. The Morgan fingerprint density at radius 2 is 1.65 bits per heavy atom. The predicted octanol–water partition coefficient (Wildman–Crippen LogP) is 4.32. The van der Waals surface area contributed by atoms with E-state index < -0.39 is 17.3 Å². The van der Waals surface area contributed by atoms with Crippen molar-refractivity contribution in [3.8, 4) is 11.1 Å². The van der Waals surface area contributed by atoms with Crippen molar-refractivity contribution in [2.24, 2.45) is 0 Å². The monoisotopic (exact) mass is 361 g/mol. The van der Waals surface area contributed by atoms with E-state index >= 15 is 0 Å². The Kier molecular flexibility index (Phi) is 4.50. The highest BCUT2D eigenvalue weighted by molar-refractivity contribution is 5.76. The molecule has 3 aromatic rings. The number of nitrogens with one attached hydrogen (secondary N) is 1. The first-order valence-corrected chi connectivity index (χ1v) is 8.05. The molecule has 1 aromatic heterocycles. The van der Waals surface area contributed by atoms with E-state index in [0.29, 0.717) is 16.8 Å². The summed E-state index contributed by atoms with van der Waals surface area (Å²) in [6.45, 7) is 1.76. The van der Waals surface area contributed by atoms with Crippen LogP contribution >= 0.6 is 0 Å². The minimum Gasteiger partial charge on any atom is -0.398 e. The number of rotatable bonds is 4. The third-order valence-corrected chi connectivity index (χ3v) is 4.54. The molecule has 0 saturated heterocycles. The molecule has 0 saturated carbocycles. The van der Waals surface area contributed by atoms with E-state index in [9.17, 15) is 18.3 Å². The normalized spacial score (nSPS) is 14.2. The second kappa shape index (κ2) is 6.49. The lowest BCUT2D eigenvalue weighted by molar-refractivity contribution is -0.137. The van der Waals surface area contributed by atoms with E-state index in [4.69, 9.17) is 5.73 Å². The number of H-pyrrole nitrogens is 1. The minimum atomic E-state index is -4.42. The molecular formula is C19H18F3N3O. The number of benzene rings is 2. The lowest BCUT2D eigenvalue weighted by Gasteiger charge is -2.29. The third kappa shape index (κ3) is 3.17. The number of anilines is 1. The Morgan fingerprint density at radius 1 is 1.04 bits per heavy atom. The van der Waals surface area contributed by atoms with Crippen molar-refractivity contribution in [3.05, 3.63) is 71.5 Å². The molecule has 0 aliphatic rings. The summed E-state index contributed by atoms with van der Waals surface area (Å²) in [6.07, 6.45) is -0.803. The summed E-state index contributed by atoms with van der Waals surface area (Å²) >= 11 is 0. The molecule has 0 aliphatic heterocycles. The van der Waals surface area contributed by atoms with Gasteiger partial charge >= 0.3 is 6.18 Å². The number of alkyl halides is 3. The van der Waals surface area contributed by atoms with E-state index in [1.54, 1.807) is 37.5 Å². The molecule has 1 unspecified atom stereocenters. The lowest BCUT2D eigenvalue weighted by atomic mass is 9.83. The van der Waals surface area contributed by atoms with Crippen LogP contribution in [0, 0.1) is 0 Å². The number of halogens is 3. The molecule has 0 bridgehead atoms. The molecule has 3 rings (SSSR count). The number of aliphatic hydroxyl groups is 1. The molecule has 0 aliphatic carbocycles. The Balaban J connectivity index is 2.00. The maximum Gasteiger partial charge on any atom is 0.416 e. The molecule has 0 amide bonds. The SMILES string of the molecule is CCC(O)(c1ccc(C(F)(F)F)cc1)c1ccc(-c2cn[nH]c2)c(N)c1. The van der Waals surface area contributed by atoms with Crippen LogP contribution < -0.4 is 5.73 Å². The summed E-state index contributed by atoms with van der Waals surface area (Å²) in [6, 6.07) is 9.67. The van der Waals surface area contributed by atoms with Crippen LogP contribution in [-0.2, 0) is 11.8 Å². The second-order valence-corrected chi connectivity index (χ2v) is 6.08. The number of nitrogens with zero attached hydrogens (tertiary/aromatic N) is 1. The van der Waals surface area contributed by atoms with E-state index in [1.807, 2.05) is 0 Å². The molecule has 0 spiro atoms. The van der Waals surface area contributed by atoms with Crippen molar-refractivity contribution in [1.29, 1.82) is 0 Å². The number of hydrogen-bond donors (Lipinski definition) is 3. The van der Waals surface area contributed by atoms with Gasteiger partial charge in [0.15, 0.2) is 0 Å². The van der Waals surface area contributed by atoms with Crippen molar-refractivity contribution < 1.29 is 18.3 Å². The van der Waals surface area contributed by atoms with Crippen LogP contribution in [0.1, 0.15) is 30.0 Å². The highest BCUT2D eigenvalue weighted by atomic mass is 19.4. The fraction of sp³-hybridized carbons (Fsp3) is 0.211. The minimum absolute atomic E-state index is 0.281. The fourth-order valence-electron chi connectivity index (χ4n) is 2.99. The van der Waals surface area contributed by atoms with Gasteiger partial charge in [-0.3, -0.25) is 5.10 Å². The second-order valence-electron chi connectivity index (χ2n) is 6.08. The van der Waals surface area contributed by atoms with Crippen molar-refractivity contribution in [1.82, 2.24) is 10.2 Å². The zero-order valence-corrected chi connectivity index (χ0v) is 14.0. The van der Waals surface area contributed by atoms with Gasteiger partial charge in [0, 0.05) is 23.0 Å². The first-order valence-electron chi connectivity index (χ1n) is 8.05. The van der Waals surface area contributed by atoms with E-state index in [-0.39, 0.29) is 6.42 Å². The fourth-order valence-corrected chi connectivity index (χ4v) is 2.99. The topological polar surface area (TPSA) is 74.9 Å². The van der Waals surface area contributed by atoms with E-state index in [2.05, 4.69) is 10.2 Å². The quantitative estimate of drug-likeness (QED) is 0.606. The maximum absolute atomic E-state index is 12.8. The van der Waals surface area contributed by atoms with Crippen molar-refractivity contribution in [2.45, 2.75) is 25.1 Å². The molecule has 26 heavy (non-hydrogen) atoms. The van der Waals surface area contributed by atoms with Crippen molar-refractivity contribution in [3.63, 3.8) is 0 Å². The van der Waals surface area contributed by atoms with Crippen molar-refractivity contribution in [2.75, 3.05) is 5.73 Å². The van der Waals surface area contributed by atoms with Crippen LogP contribution in [0.25, 0.3) is 11.1 Å². The summed E-state index contributed by atoms with van der Waals surface area (Å²) in [7, 11) is 0. The average molecular weight is 361 g/mol. The first kappa shape index (κ1) is 18.0. The van der Waals surface area contributed by atoms with Crippen molar-refractivity contribution >= 4 is 5.69 Å². The van der Waals surface area contributed by atoms with Crippen LogP contribution in [-0.4, -0.2) is 15.3 Å². The van der Waals surface area contributed by atoms with Gasteiger partial charge in [0.25, 0.3) is 0 Å². The van der Waals surface area contributed by atoms with Gasteiger partial charge < -0.3 is 10.8 Å². The van der Waals surface area contributed by atoms with Crippen LogP contribution in [0.4, 0.5) is 18.9 Å². The largest absolute Gasteiger partial charge is 0.416 e. The summed E-state index contributed by atoms with van der Waals surface area (Å²) < 4.78 is 38.3. The standard InChI is InChI=1S/C19H18F3N3O/c1-2-18(26,13-3-5-14(6-4-13)19(20,21)22)15-7-8-16(17(23)9-15)12-10-24-25-11-12/h3-11,26H,2,23H2,1H3,(H,24,25). The molecule has 4 nitrogen and oxygen atoms in total.